The minimum Gasteiger partial charge on any atom is -0.310 e. The molecule has 0 aliphatic carbocycles. The normalized spacial score (nSPS) is 11.3. The van der Waals surface area contributed by atoms with Crippen molar-refractivity contribution in [3.8, 4) is 50.2 Å². The summed E-state index contributed by atoms with van der Waals surface area (Å²) in [6.07, 6.45) is 0. The van der Waals surface area contributed by atoms with Crippen LogP contribution in [0.1, 0.15) is 0 Å². The molecule has 2 heteroatoms. The van der Waals surface area contributed by atoms with Crippen LogP contribution in [0, 0.1) is 0 Å². The smallest absolute Gasteiger partial charge is 0.0541 e. The van der Waals surface area contributed by atoms with Gasteiger partial charge in [0.15, 0.2) is 0 Å². The SMILES string of the molecule is c1ccc(-c2ccccc2N(c2ccc(-c3cccc(-c4ccc5ccccc5c4)c3)cc2)c2ccc(-c3cccc(-n4c5ccccc5c5ccccc54)c3)cc2)cc1. The summed E-state index contributed by atoms with van der Waals surface area (Å²) in [5.74, 6) is 0. The van der Waals surface area contributed by atoms with E-state index in [2.05, 4.69) is 252 Å². The maximum Gasteiger partial charge on any atom is 0.0541 e. The molecule has 0 saturated carbocycles. The van der Waals surface area contributed by atoms with Gasteiger partial charge in [-0.1, -0.05) is 176 Å². The summed E-state index contributed by atoms with van der Waals surface area (Å²) in [7, 11) is 0. The molecule has 2 nitrogen and oxygen atoms in total. The van der Waals surface area contributed by atoms with E-state index in [1.165, 1.54) is 77.1 Å². The molecule has 0 N–H and O–H groups in total. The molecule has 0 radical (unpaired) electrons. The Hall–Kier alpha value is -7.94. The van der Waals surface area contributed by atoms with Gasteiger partial charge in [0.1, 0.15) is 0 Å². The van der Waals surface area contributed by atoms with Crippen molar-refractivity contribution >= 4 is 49.6 Å². The quantitative estimate of drug-likeness (QED) is 0.150. The van der Waals surface area contributed by atoms with Crippen LogP contribution < -0.4 is 4.90 Å². The van der Waals surface area contributed by atoms with Crippen LogP contribution in [0.4, 0.5) is 17.1 Å². The van der Waals surface area contributed by atoms with Crippen molar-refractivity contribution in [1.82, 2.24) is 4.57 Å². The number of hydrogen-bond acceptors (Lipinski definition) is 1. The third kappa shape index (κ3) is 6.41. The summed E-state index contributed by atoms with van der Waals surface area (Å²) in [6, 6.07) is 87.8. The average Bonchev–Trinajstić information content (AvgIpc) is 3.67. The molecule has 10 aromatic carbocycles. The maximum absolute atomic E-state index is 2.38. The molecule has 1 aromatic heterocycles. The van der Waals surface area contributed by atoms with Crippen molar-refractivity contribution in [2.75, 3.05) is 4.90 Å². The molecule has 1 heterocycles. The first-order valence-electron chi connectivity index (χ1n) is 20.6. The number of benzene rings is 10. The lowest BCUT2D eigenvalue weighted by atomic mass is 9.97. The standard InChI is InChI=1S/C58H40N2/c1-2-15-44(16-3-1)53-22-6-9-25-56(53)59(50-34-30-42(31-35-50)46-18-12-19-47(38-46)49-29-28-41-14-4-5-17-45(41)39-49)51-36-32-43(33-37-51)48-20-13-21-52(40-48)60-57-26-10-7-23-54(57)55-24-8-11-27-58(55)60/h1-40H. The summed E-state index contributed by atoms with van der Waals surface area (Å²) >= 11 is 0. The molecule has 282 valence electrons. The van der Waals surface area contributed by atoms with Crippen LogP contribution in [0.5, 0.6) is 0 Å². The minimum atomic E-state index is 1.09. The molecule has 0 spiro atoms. The lowest BCUT2D eigenvalue weighted by Gasteiger charge is -2.28. The van der Waals surface area contributed by atoms with Crippen LogP contribution in [-0.2, 0) is 0 Å². The predicted octanol–water partition coefficient (Wildman–Crippen LogP) is 16.1. The van der Waals surface area contributed by atoms with Gasteiger partial charge in [0, 0.05) is 33.4 Å². The van der Waals surface area contributed by atoms with Crippen LogP contribution in [0.15, 0.2) is 243 Å². The van der Waals surface area contributed by atoms with Gasteiger partial charge in [-0.25, -0.2) is 0 Å². The molecule has 0 bridgehead atoms. The molecule has 0 amide bonds. The van der Waals surface area contributed by atoms with Gasteiger partial charge in [0.05, 0.1) is 16.7 Å². The fraction of sp³-hybridized carbons (Fsp3) is 0. The van der Waals surface area contributed by atoms with Gasteiger partial charge in [0.2, 0.25) is 0 Å². The number of fused-ring (bicyclic) bond motifs is 4. The fourth-order valence-electron chi connectivity index (χ4n) is 8.84. The number of para-hydroxylation sites is 3. The highest BCUT2D eigenvalue weighted by atomic mass is 15.1. The number of aromatic nitrogens is 1. The molecule has 0 aliphatic rings. The zero-order valence-electron chi connectivity index (χ0n) is 33.0. The Bertz CT molecular complexity index is 3250. The molecule has 60 heavy (non-hydrogen) atoms. The second-order valence-corrected chi connectivity index (χ2v) is 15.4. The Morgan fingerprint density at radius 1 is 0.283 bits per heavy atom. The zero-order chi connectivity index (χ0) is 39.8. The molecule has 0 atom stereocenters. The third-order valence-electron chi connectivity index (χ3n) is 11.8. The Labute approximate surface area is 350 Å². The summed E-state index contributed by atoms with van der Waals surface area (Å²) in [6.45, 7) is 0. The third-order valence-corrected chi connectivity index (χ3v) is 11.8. The van der Waals surface area contributed by atoms with Crippen molar-refractivity contribution in [1.29, 1.82) is 0 Å². The van der Waals surface area contributed by atoms with Crippen LogP contribution >= 0.6 is 0 Å². The molecule has 11 rings (SSSR count). The van der Waals surface area contributed by atoms with Crippen LogP contribution in [0.2, 0.25) is 0 Å². The molecule has 0 aliphatic heterocycles. The van der Waals surface area contributed by atoms with Gasteiger partial charge in [-0.15, -0.1) is 0 Å². The van der Waals surface area contributed by atoms with E-state index >= 15 is 0 Å². The maximum atomic E-state index is 2.38. The van der Waals surface area contributed by atoms with E-state index in [4.69, 9.17) is 0 Å². The van der Waals surface area contributed by atoms with Gasteiger partial charge in [0.25, 0.3) is 0 Å². The van der Waals surface area contributed by atoms with Crippen molar-refractivity contribution < 1.29 is 0 Å². The van der Waals surface area contributed by atoms with Gasteiger partial charge >= 0.3 is 0 Å². The lowest BCUT2D eigenvalue weighted by molar-refractivity contribution is 1.18. The molecule has 0 saturated heterocycles. The lowest BCUT2D eigenvalue weighted by Crippen LogP contribution is -2.11. The Balaban J connectivity index is 0.967. The molecule has 11 aromatic rings. The first-order chi connectivity index (χ1) is 29.7. The summed E-state index contributed by atoms with van der Waals surface area (Å²) < 4.78 is 2.38. The Kier molecular flexibility index (Phi) is 8.87. The first kappa shape index (κ1) is 35.2. The van der Waals surface area contributed by atoms with Gasteiger partial charge < -0.3 is 9.47 Å². The Morgan fingerprint density at radius 2 is 0.767 bits per heavy atom. The van der Waals surface area contributed by atoms with E-state index in [1.807, 2.05) is 0 Å². The first-order valence-corrected chi connectivity index (χ1v) is 20.6. The van der Waals surface area contributed by atoms with Crippen molar-refractivity contribution in [2.45, 2.75) is 0 Å². The number of rotatable bonds is 8. The molecular formula is C58H40N2. The van der Waals surface area contributed by atoms with Crippen molar-refractivity contribution in [3.05, 3.63) is 243 Å². The van der Waals surface area contributed by atoms with E-state index in [1.54, 1.807) is 0 Å². The Morgan fingerprint density at radius 3 is 1.45 bits per heavy atom. The summed E-state index contributed by atoms with van der Waals surface area (Å²) in [4.78, 5) is 2.38. The highest BCUT2D eigenvalue weighted by Gasteiger charge is 2.18. The van der Waals surface area contributed by atoms with E-state index in [0.29, 0.717) is 0 Å². The topological polar surface area (TPSA) is 8.17 Å². The minimum absolute atomic E-state index is 1.09. The second-order valence-electron chi connectivity index (χ2n) is 15.4. The number of hydrogen-bond donors (Lipinski definition) is 0. The predicted molar refractivity (Wildman–Crippen MR) is 255 cm³/mol. The highest BCUT2D eigenvalue weighted by Crippen LogP contribution is 2.42. The summed E-state index contributed by atoms with van der Waals surface area (Å²) in [5, 5.41) is 5.04. The largest absolute Gasteiger partial charge is 0.310 e. The number of nitrogens with zero attached hydrogens (tertiary/aromatic N) is 2. The molecule has 0 fully saturated rings. The van der Waals surface area contributed by atoms with E-state index in [0.717, 1.165) is 22.7 Å². The molecule has 0 unspecified atom stereocenters. The van der Waals surface area contributed by atoms with E-state index in [9.17, 15) is 0 Å². The molecular weight excluding hydrogens is 725 g/mol. The second kappa shape index (κ2) is 15.1. The zero-order valence-corrected chi connectivity index (χ0v) is 33.0. The van der Waals surface area contributed by atoms with E-state index < -0.39 is 0 Å². The van der Waals surface area contributed by atoms with E-state index in [-0.39, 0.29) is 0 Å². The van der Waals surface area contributed by atoms with Crippen molar-refractivity contribution in [3.63, 3.8) is 0 Å². The average molecular weight is 765 g/mol. The van der Waals surface area contributed by atoms with Gasteiger partial charge in [-0.05, 0) is 116 Å². The highest BCUT2D eigenvalue weighted by molar-refractivity contribution is 6.09. The van der Waals surface area contributed by atoms with Crippen LogP contribution in [-0.4, -0.2) is 4.57 Å². The summed E-state index contributed by atoms with van der Waals surface area (Å²) in [5.41, 5.74) is 16.4. The number of anilines is 3. The fourth-order valence-corrected chi connectivity index (χ4v) is 8.84. The van der Waals surface area contributed by atoms with Crippen LogP contribution in [0.3, 0.4) is 0 Å². The monoisotopic (exact) mass is 764 g/mol. The van der Waals surface area contributed by atoms with Gasteiger partial charge in [-0.2, -0.15) is 0 Å². The van der Waals surface area contributed by atoms with Gasteiger partial charge in [-0.3, -0.25) is 0 Å². The van der Waals surface area contributed by atoms with Crippen LogP contribution in [0.25, 0.3) is 82.8 Å². The van der Waals surface area contributed by atoms with Crippen molar-refractivity contribution in [2.24, 2.45) is 0 Å².